The molecule has 2 N–H and O–H groups in total. The number of rotatable bonds is 0. The third-order valence-corrected chi connectivity index (χ3v) is 2.15. The van der Waals surface area contributed by atoms with Crippen LogP contribution in [0, 0.1) is 5.92 Å². The van der Waals surface area contributed by atoms with Gasteiger partial charge in [-0.05, 0) is 18.1 Å². The van der Waals surface area contributed by atoms with Crippen LogP contribution in [0.1, 0.15) is 6.42 Å². The molecule has 2 rings (SSSR count). The number of nitrogens with two attached hydrogens (primary N) is 1. The molecule has 1 heteroatoms. The van der Waals surface area contributed by atoms with Gasteiger partial charge in [0.15, 0.2) is 0 Å². The zero-order valence-corrected chi connectivity index (χ0v) is 6.33. The second-order valence-electron chi connectivity index (χ2n) is 2.90. The average Bonchev–Trinajstić information content (AvgIpc) is 2.06. The van der Waals surface area contributed by atoms with Crippen molar-refractivity contribution >= 4 is 0 Å². The molecule has 0 aliphatic heterocycles. The topological polar surface area (TPSA) is 26.0 Å². The van der Waals surface area contributed by atoms with E-state index in [2.05, 4.69) is 24.3 Å². The largest absolute Gasteiger partial charge is 0.398 e. The SMILES string of the molecule is NC1=C2C=CC=CC2CC=C1. The van der Waals surface area contributed by atoms with Crippen molar-refractivity contribution in [2.75, 3.05) is 0 Å². The molecule has 1 unspecified atom stereocenters. The van der Waals surface area contributed by atoms with Crippen molar-refractivity contribution in [1.29, 1.82) is 0 Å². The molecule has 0 spiro atoms. The smallest absolute Gasteiger partial charge is 0.0349 e. The number of hydrogen-bond donors (Lipinski definition) is 1. The van der Waals surface area contributed by atoms with Gasteiger partial charge in [-0.3, -0.25) is 0 Å². The van der Waals surface area contributed by atoms with Gasteiger partial charge in [0.1, 0.15) is 0 Å². The highest BCUT2D eigenvalue weighted by Gasteiger charge is 2.14. The van der Waals surface area contributed by atoms with Crippen LogP contribution < -0.4 is 5.73 Å². The lowest BCUT2D eigenvalue weighted by Gasteiger charge is -2.20. The summed E-state index contributed by atoms with van der Waals surface area (Å²) in [5.41, 5.74) is 7.99. The van der Waals surface area contributed by atoms with Crippen LogP contribution >= 0.6 is 0 Å². The summed E-state index contributed by atoms with van der Waals surface area (Å²) in [6, 6.07) is 0. The van der Waals surface area contributed by atoms with Gasteiger partial charge in [0, 0.05) is 11.6 Å². The van der Waals surface area contributed by atoms with Crippen molar-refractivity contribution in [2.45, 2.75) is 6.42 Å². The molecule has 0 aromatic rings. The van der Waals surface area contributed by atoms with Gasteiger partial charge >= 0.3 is 0 Å². The number of allylic oxidation sites excluding steroid dienone is 7. The molecule has 2 aliphatic rings. The Balaban J connectivity index is 2.43. The summed E-state index contributed by atoms with van der Waals surface area (Å²) in [6.07, 6.45) is 13.6. The highest BCUT2D eigenvalue weighted by Crippen LogP contribution is 2.27. The second kappa shape index (κ2) is 2.42. The van der Waals surface area contributed by atoms with Gasteiger partial charge in [-0.1, -0.05) is 30.4 Å². The van der Waals surface area contributed by atoms with Gasteiger partial charge in [0.05, 0.1) is 0 Å². The van der Waals surface area contributed by atoms with E-state index in [-0.39, 0.29) is 0 Å². The standard InChI is InChI=1S/C10H11N/c11-10-7-3-5-8-4-1-2-6-9(8)10/h1-4,6-8H,5,11H2. The number of fused-ring (bicyclic) bond motifs is 1. The van der Waals surface area contributed by atoms with E-state index in [9.17, 15) is 0 Å². The molecule has 0 saturated carbocycles. The van der Waals surface area contributed by atoms with Gasteiger partial charge in [0.2, 0.25) is 0 Å². The lowest BCUT2D eigenvalue weighted by Crippen LogP contribution is -2.11. The summed E-state index contributed by atoms with van der Waals surface area (Å²) in [5.74, 6) is 0.532. The summed E-state index contributed by atoms with van der Waals surface area (Å²) in [7, 11) is 0. The van der Waals surface area contributed by atoms with Crippen molar-refractivity contribution in [3.63, 3.8) is 0 Å². The van der Waals surface area contributed by atoms with Crippen LogP contribution in [0.3, 0.4) is 0 Å². The lowest BCUT2D eigenvalue weighted by molar-refractivity contribution is 0.766. The van der Waals surface area contributed by atoms with E-state index >= 15 is 0 Å². The summed E-state index contributed by atoms with van der Waals surface area (Å²) in [6.45, 7) is 0. The first-order valence-electron chi connectivity index (χ1n) is 3.89. The Bertz CT molecular complexity index is 279. The minimum atomic E-state index is 0.532. The molecule has 0 aromatic heterocycles. The fraction of sp³-hybridized carbons (Fsp3) is 0.200. The predicted molar refractivity (Wildman–Crippen MR) is 46.7 cm³/mol. The van der Waals surface area contributed by atoms with Crippen LogP contribution in [0.4, 0.5) is 0 Å². The van der Waals surface area contributed by atoms with Crippen LogP contribution in [-0.4, -0.2) is 0 Å². The molecule has 1 atom stereocenters. The fourth-order valence-electron chi connectivity index (χ4n) is 1.54. The Kier molecular flexibility index (Phi) is 1.42. The molecule has 0 heterocycles. The van der Waals surface area contributed by atoms with Crippen LogP contribution in [0.2, 0.25) is 0 Å². The lowest BCUT2D eigenvalue weighted by atomic mass is 9.87. The first-order valence-corrected chi connectivity index (χ1v) is 3.89. The molecule has 0 saturated heterocycles. The van der Waals surface area contributed by atoms with Crippen molar-refractivity contribution in [3.8, 4) is 0 Å². The highest BCUT2D eigenvalue weighted by atomic mass is 14.6. The maximum Gasteiger partial charge on any atom is 0.0349 e. The van der Waals surface area contributed by atoms with E-state index in [0.29, 0.717) is 5.92 Å². The normalized spacial score (nSPS) is 27.5. The summed E-state index contributed by atoms with van der Waals surface area (Å²) in [4.78, 5) is 0. The Hall–Kier alpha value is -1.24. The molecule has 56 valence electrons. The van der Waals surface area contributed by atoms with Gasteiger partial charge in [0.25, 0.3) is 0 Å². The van der Waals surface area contributed by atoms with E-state index in [1.807, 2.05) is 12.2 Å². The minimum absolute atomic E-state index is 0.532. The third kappa shape index (κ3) is 1.03. The van der Waals surface area contributed by atoms with Crippen molar-refractivity contribution in [1.82, 2.24) is 0 Å². The molecule has 0 bridgehead atoms. The van der Waals surface area contributed by atoms with E-state index in [1.165, 1.54) is 5.57 Å². The van der Waals surface area contributed by atoms with Gasteiger partial charge in [-0.2, -0.15) is 0 Å². The minimum Gasteiger partial charge on any atom is -0.398 e. The quantitative estimate of drug-likeness (QED) is 0.553. The van der Waals surface area contributed by atoms with Crippen molar-refractivity contribution < 1.29 is 0 Å². The first kappa shape index (κ1) is 6.47. The molecule has 2 aliphatic carbocycles. The van der Waals surface area contributed by atoms with E-state index in [4.69, 9.17) is 5.73 Å². The molecule has 11 heavy (non-hydrogen) atoms. The first-order chi connectivity index (χ1) is 5.38. The van der Waals surface area contributed by atoms with Crippen LogP contribution in [0.5, 0.6) is 0 Å². The van der Waals surface area contributed by atoms with Crippen LogP contribution in [0.15, 0.2) is 47.7 Å². The highest BCUT2D eigenvalue weighted by molar-refractivity contribution is 5.42. The van der Waals surface area contributed by atoms with Gasteiger partial charge in [-0.15, -0.1) is 0 Å². The maximum absolute atomic E-state index is 5.80. The molecular weight excluding hydrogens is 134 g/mol. The fourth-order valence-corrected chi connectivity index (χ4v) is 1.54. The molecule has 1 nitrogen and oxygen atoms in total. The summed E-state index contributed by atoms with van der Waals surface area (Å²) in [5, 5.41) is 0. The Labute approximate surface area is 66.6 Å². The zero-order valence-electron chi connectivity index (χ0n) is 6.33. The van der Waals surface area contributed by atoms with Crippen molar-refractivity contribution in [2.24, 2.45) is 11.7 Å². The van der Waals surface area contributed by atoms with Crippen LogP contribution in [-0.2, 0) is 0 Å². The molecular formula is C10H11N. The Morgan fingerprint density at radius 3 is 3.00 bits per heavy atom. The average molecular weight is 145 g/mol. The van der Waals surface area contributed by atoms with E-state index in [0.717, 1.165) is 12.1 Å². The second-order valence-corrected chi connectivity index (χ2v) is 2.90. The summed E-state index contributed by atoms with van der Waals surface area (Å²) >= 11 is 0. The number of hydrogen-bond acceptors (Lipinski definition) is 1. The predicted octanol–water partition coefficient (Wildman–Crippen LogP) is 1.90. The molecule has 0 fully saturated rings. The Morgan fingerprint density at radius 1 is 1.27 bits per heavy atom. The van der Waals surface area contributed by atoms with Gasteiger partial charge < -0.3 is 5.73 Å². The van der Waals surface area contributed by atoms with Crippen molar-refractivity contribution in [3.05, 3.63) is 47.7 Å². The monoisotopic (exact) mass is 145 g/mol. The van der Waals surface area contributed by atoms with E-state index in [1.54, 1.807) is 0 Å². The third-order valence-electron chi connectivity index (χ3n) is 2.15. The molecule has 0 aromatic carbocycles. The Morgan fingerprint density at radius 2 is 2.18 bits per heavy atom. The zero-order chi connectivity index (χ0) is 7.68. The van der Waals surface area contributed by atoms with Gasteiger partial charge in [-0.25, -0.2) is 0 Å². The van der Waals surface area contributed by atoms with Crippen LogP contribution in [0.25, 0.3) is 0 Å². The summed E-state index contributed by atoms with van der Waals surface area (Å²) < 4.78 is 0. The molecule has 0 amide bonds. The molecule has 0 radical (unpaired) electrons. The maximum atomic E-state index is 5.80. The van der Waals surface area contributed by atoms with E-state index < -0.39 is 0 Å².